The molecule has 1 amide bonds. The van der Waals surface area contributed by atoms with Crippen LogP contribution in [0.3, 0.4) is 0 Å². The number of halogens is 4. The van der Waals surface area contributed by atoms with Gasteiger partial charge >= 0.3 is 0 Å². The topological polar surface area (TPSA) is 90.4 Å². The first-order valence-electron chi connectivity index (χ1n) is 8.85. The molecule has 0 radical (unpaired) electrons. The van der Waals surface area contributed by atoms with Gasteiger partial charge in [0.25, 0.3) is 5.91 Å². The number of rotatable bonds is 6. The first-order valence-corrected chi connectivity index (χ1v) is 9.93. The Kier molecular flexibility index (Phi) is 6.18. The lowest BCUT2D eigenvalue weighted by Crippen LogP contribution is -2.63. The zero-order chi connectivity index (χ0) is 21.3. The Bertz CT molecular complexity index is 978. The molecule has 0 unspecified atom stereocenters. The average Bonchev–Trinajstić information content (AvgIpc) is 2.63. The van der Waals surface area contributed by atoms with E-state index in [1.54, 1.807) is 6.07 Å². The summed E-state index contributed by atoms with van der Waals surface area (Å²) in [5, 5.41) is 17.6. The molecule has 4 N–H and O–H groups in total. The number of β-amino-alcohol motifs (C(OH)–C–C–N with tert-alkyl or cyclic N) is 1. The largest absolute Gasteiger partial charge is 0.388 e. The number of nitrogens with two attached hydrogens (primary N) is 1. The fourth-order valence-electron chi connectivity index (χ4n) is 3.32. The minimum Gasteiger partial charge on any atom is -0.388 e. The SMILES string of the molecule is N=C(N)CCC1(O)CN(C(=O)c2ccc(F)c(F)c2Cc2ccc(I)cc2F)C1. The lowest BCUT2D eigenvalue weighted by molar-refractivity contribution is -0.0845. The Morgan fingerprint density at radius 1 is 1.21 bits per heavy atom. The van der Waals surface area contributed by atoms with E-state index in [0.29, 0.717) is 3.57 Å². The van der Waals surface area contributed by atoms with Crippen LogP contribution in [0.4, 0.5) is 13.2 Å². The molecule has 5 nitrogen and oxygen atoms in total. The number of carbonyl (C=O) groups excluding carboxylic acids is 1. The van der Waals surface area contributed by atoms with Crippen molar-refractivity contribution < 1.29 is 23.1 Å². The maximum absolute atomic E-state index is 14.5. The second kappa shape index (κ2) is 8.31. The van der Waals surface area contributed by atoms with Crippen LogP contribution in [0.5, 0.6) is 0 Å². The van der Waals surface area contributed by atoms with E-state index < -0.39 is 29.0 Å². The van der Waals surface area contributed by atoms with Crippen LogP contribution in [0.2, 0.25) is 0 Å². The lowest BCUT2D eigenvalue weighted by Gasteiger charge is -2.46. The number of hydrogen-bond donors (Lipinski definition) is 3. The summed E-state index contributed by atoms with van der Waals surface area (Å²) in [6.45, 7) is -0.00904. The smallest absolute Gasteiger partial charge is 0.254 e. The van der Waals surface area contributed by atoms with E-state index in [0.717, 1.165) is 6.07 Å². The summed E-state index contributed by atoms with van der Waals surface area (Å²) >= 11 is 1.94. The lowest BCUT2D eigenvalue weighted by atomic mass is 9.87. The zero-order valence-corrected chi connectivity index (χ0v) is 17.5. The number of aliphatic hydroxyl groups is 1. The predicted octanol–water partition coefficient (Wildman–Crippen LogP) is 3.20. The van der Waals surface area contributed by atoms with E-state index >= 15 is 0 Å². The molecule has 2 aromatic carbocycles. The molecule has 29 heavy (non-hydrogen) atoms. The molecule has 0 spiro atoms. The van der Waals surface area contributed by atoms with Gasteiger partial charge in [0.15, 0.2) is 11.6 Å². The molecule has 2 aromatic rings. The van der Waals surface area contributed by atoms with Crippen LogP contribution in [-0.4, -0.2) is 40.4 Å². The van der Waals surface area contributed by atoms with Crippen molar-refractivity contribution >= 4 is 34.3 Å². The molecule has 1 aliphatic rings. The highest BCUT2D eigenvalue weighted by molar-refractivity contribution is 14.1. The highest BCUT2D eigenvalue weighted by atomic mass is 127. The molecule has 1 heterocycles. The van der Waals surface area contributed by atoms with Crippen molar-refractivity contribution in [3.63, 3.8) is 0 Å². The highest BCUT2D eigenvalue weighted by Gasteiger charge is 2.44. The van der Waals surface area contributed by atoms with Gasteiger partial charge in [-0.05, 0) is 58.8 Å². The van der Waals surface area contributed by atoms with Crippen molar-refractivity contribution in [2.75, 3.05) is 13.1 Å². The van der Waals surface area contributed by atoms with Gasteiger partial charge in [-0.25, -0.2) is 13.2 Å². The predicted molar refractivity (Wildman–Crippen MR) is 110 cm³/mol. The molecule has 1 saturated heterocycles. The summed E-state index contributed by atoms with van der Waals surface area (Å²) in [5.41, 5.74) is 3.97. The number of likely N-dealkylation sites (tertiary alicyclic amines) is 1. The first kappa shape index (κ1) is 21.6. The van der Waals surface area contributed by atoms with E-state index in [1.165, 1.54) is 23.1 Å². The van der Waals surface area contributed by atoms with Gasteiger partial charge in [-0.3, -0.25) is 10.2 Å². The molecule has 0 aliphatic carbocycles. The van der Waals surface area contributed by atoms with Crippen LogP contribution < -0.4 is 5.73 Å². The number of carbonyl (C=O) groups is 1. The maximum atomic E-state index is 14.5. The van der Waals surface area contributed by atoms with Gasteiger partial charge < -0.3 is 15.7 Å². The van der Waals surface area contributed by atoms with Gasteiger partial charge in [-0.15, -0.1) is 0 Å². The molecule has 0 bridgehead atoms. The Morgan fingerprint density at radius 2 is 1.90 bits per heavy atom. The van der Waals surface area contributed by atoms with Crippen molar-refractivity contribution in [3.8, 4) is 0 Å². The summed E-state index contributed by atoms with van der Waals surface area (Å²) < 4.78 is 43.2. The highest BCUT2D eigenvalue weighted by Crippen LogP contribution is 2.30. The standard InChI is InChI=1S/C20H19F3IN3O2/c21-15-4-3-13(19(28)27-9-20(29,10-27)6-5-17(25)26)14(18(15)23)7-11-1-2-12(24)8-16(11)22/h1-4,8,29H,5-7,9-10H2,(H3,25,26). The van der Waals surface area contributed by atoms with E-state index in [2.05, 4.69) is 0 Å². The van der Waals surface area contributed by atoms with Crippen LogP contribution in [-0.2, 0) is 6.42 Å². The molecule has 9 heteroatoms. The monoisotopic (exact) mass is 517 g/mol. The van der Waals surface area contributed by atoms with Crippen LogP contribution in [0, 0.1) is 26.4 Å². The fraction of sp³-hybridized carbons (Fsp3) is 0.300. The number of nitrogens with zero attached hydrogens (tertiary/aromatic N) is 1. The quantitative estimate of drug-likeness (QED) is 0.313. The maximum Gasteiger partial charge on any atom is 0.254 e. The summed E-state index contributed by atoms with van der Waals surface area (Å²) in [4.78, 5) is 14.1. The Labute approximate surface area is 179 Å². The number of nitrogens with one attached hydrogen (secondary N) is 1. The summed E-state index contributed by atoms with van der Waals surface area (Å²) in [5.74, 6) is -3.52. The number of amides is 1. The van der Waals surface area contributed by atoms with E-state index in [4.69, 9.17) is 11.1 Å². The molecule has 154 valence electrons. The van der Waals surface area contributed by atoms with Gasteiger partial charge in [0, 0.05) is 27.5 Å². The number of amidine groups is 1. The van der Waals surface area contributed by atoms with E-state index in [-0.39, 0.29) is 54.9 Å². The second-order valence-corrected chi connectivity index (χ2v) is 8.46. The van der Waals surface area contributed by atoms with Gasteiger partial charge in [0.1, 0.15) is 11.4 Å². The van der Waals surface area contributed by atoms with E-state index in [9.17, 15) is 23.1 Å². The van der Waals surface area contributed by atoms with Gasteiger partial charge in [0.05, 0.1) is 18.9 Å². The summed E-state index contributed by atoms with van der Waals surface area (Å²) in [7, 11) is 0. The average molecular weight is 517 g/mol. The van der Waals surface area contributed by atoms with Gasteiger partial charge in [-0.2, -0.15) is 0 Å². The van der Waals surface area contributed by atoms with Gasteiger partial charge in [0.2, 0.25) is 0 Å². The molecule has 0 saturated carbocycles. The Hall–Kier alpha value is -2.14. The first-order chi connectivity index (χ1) is 13.6. The zero-order valence-electron chi connectivity index (χ0n) is 15.3. The second-order valence-electron chi connectivity index (χ2n) is 7.21. The Morgan fingerprint density at radius 3 is 2.52 bits per heavy atom. The summed E-state index contributed by atoms with van der Waals surface area (Å²) in [6, 6.07) is 6.42. The normalized spacial score (nSPS) is 15.1. The molecule has 3 rings (SSSR count). The third-order valence-corrected chi connectivity index (χ3v) is 5.60. The molecule has 0 atom stereocenters. The number of hydrogen-bond acceptors (Lipinski definition) is 3. The van der Waals surface area contributed by atoms with Crippen LogP contribution in [0.25, 0.3) is 0 Å². The van der Waals surface area contributed by atoms with Crippen molar-refractivity contribution in [2.45, 2.75) is 24.9 Å². The molecule has 0 aromatic heterocycles. The van der Waals surface area contributed by atoms with Crippen LogP contribution >= 0.6 is 22.6 Å². The minimum absolute atomic E-state index is 0.00452. The van der Waals surface area contributed by atoms with Crippen molar-refractivity contribution in [3.05, 3.63) is 68.0 Å². The third-order valence-electron chi connectivity index (χ3n) is 4.93. The van der Waals surface area contributed by atoms with Crippen molar-refractivity contribution in [1.82, 2.24) is 4.90 Å². The molecular weight excluding hydrogens is 498 g/mol. The number of benzene rings is 2. The van der Waals surface area contributed by atoms with Crippen molar-refractivity contribution in [2.24, 2.45) is 5.73 Å². The third kappa shape index (κ3) is 4.72. The van der Waals surface area contributed by atoms with Crippen LogP contribution in [0.15, 0.2) is 30.3 Å². The Balaban J connectivity index is 1.84. The fourth-order valence-corrected chi connectivity index (χ4v) is 3.78. The molecular formula is C20H19F3IN3O2. The minimum atomic E-state index is -1.19. The summed E-state index contributed by atoms with van der Waals surface area (Å²) in [6.07, 6.45) is 0.140. The van der Waals surface area contributed by atoms with Crippen molar-refractivity contribution in [1.29, 1.82) is 5.41 Å². The molecule has 1 fully saturated rings. The molecule has 1 aliphatic heterocycles. The van der Waals surface area contributed by atoms with Gasteiger partial charge in [-0.1, -0.05) is 6.07 Å². The van der Waals surface area contributed by atoms with E-state index in [1.807, 2.05) is 22.6 Å². The van der Waals surface area contributed by atoms with Crippen LogP contribution in [0.1, 0.15) is 34.3 Å².